The first-order chi connectivity index (χ1) is 12.0. The number of carbonyl (C=O) groups is 2. The summed E-state index contributed by atoms with van der Waals surface area (Å²) in [7, 11) is 0. The van der Waals surface area contributed by atoms with E-state index < -0.39 is 17.8 Å². The van der Waals surface area contributed by atoms with Gasteiger partial charge in [0.15, 0.2) is 11.5 Å². The number of nitrogen functional groups attached to an aromatic ring is 1. The zero-order valence-corrected chi connectivity index (χ0v) is 13.8. The predicted octanol–water partition coefficient (Wildman–Crippen LogP) is 1.13. The van der Waals surface area contributed by atoms with E-state index >= 15 is 0 Å². The second-order valence-corrected chi connectivity index (χ2v) is 5.32. The average molecular weight is 344 g/mol. The number of aromatic nitrogens is 2. The molecule has 0 spiro atoms. The third-order valence-corrected chi connectivity index (χ3v) is 3.52. The van der Waals surface area contributed by atoms with Crippen molar-refractivity contribution < 1.29 is 19.4 Å². The van der Waals surface area contributed by atoms with Gasteiger partial charge < -0.3 is 20.9 Å². The molecule has 0 bridgehead atoms. The maximum absolute atomic E-state index is 12.1. The van der Waals surface area contributed by atoms with Crippen LogP contribution in [0.15, 0.2) is 36.7 Å². The third kappa shape index (κ3) is 5.17. The Labute approximate surface area is 145 Å². The molecule has 0 saturated heterocycles. The van der Waals surface area contributed by atoms with Crippen LogP contribution >= 0.6 is 0 Å². The number of aliphatic carboxylic acids is 1. The molecule has 1 unspecified atom stereocenters. The number of benzene rings is 1. The van der Waals surface area contributed by atoms with Crippen molar-refractivity contribution in [1.82, 2.24) is 15.3 Å². The molecule has 0 saturated carbocycles. The van der Waals surface area contributed by atoms with E-state index in [1.54, 1.807) is 12.1 Å². The van der Waals surface area contributed by atoms with Gasteiger partial charge in [0, 0.05) is 18.9 Å². The van der Waals surface area contributed by atoms with Crippen LogP contribution in [0.5, 0.6) is 5.75 Å². The Bertz CT molecular complexity index is 734. The molecule has 0 fully saturated rings. The van der Waals surface area contributed by atoms with Gasteiger partial charge in [0.2, 0.25) is 0 Å². The van der Waals surface area contributed by atoms with Crippen molar-refractivity contribution in [3.8, 4) is 5.75 Å². The zero-order chi connectivity index (χ0) is 18.2. The lowest BCUT2D eigenvalue weighted by molar-refractivity contribution is -0.141. The van der Waals surface area contributed by atoms with Crippen molar-refractivity contribution in [1.29, 1.82) is 0 Å². The molecular formula is C17H20N4O4. The number of carboxylic acid groups (broad SMARTS) is 1. The lowest BCUT2D eigenvalue weighted by Crippen LogP contribution is -2.35. The maximum Gasteiger partial charge on any atom is 0.308 e. The smallest absolute Gasteiger partial charge is 0.308 e. The van der Waals surface area contributed by atoms with Crippen molar-refractivity contribution in [2.45, 2.75) is 13.3 Å². The number of anilines is 1. The largest absolute Gasteiger partial charge is 0.494 e. The summed E-state index contributed by atoms with van der Waals surface area (Å²) in [6.07, 6.45) is 3.00. The normalized spacial score (nSPS) is 11.6. The number of nitrogens with two attached hydrogens (primary N) is 1. The summed E-state index contributed by atoms with van der Waals surface area (Å²) in [5.74, 6) is -1.60. The molecular weight excluding hydrogens is 324 g/mol. The van der Waals surface area contributed by atoms with Gasteiger partial charge in [0.05, 0.1) is 12.5 Å². The van der Waals surface area contributed by atoms with Crippen LogP contribution in [0.2, 0.25) is 0 Å². The Morgan fingerprint density at radius 1 is 1.24 bits per heavy atom. The summed E-state index contributed by atoms with van der Waals surface area (Å²) >= 11 is 0. The van der Waals surface area contributed by atoms with Crippen molar-refractivity contribution >= 4 is 17.7 Å². The SMILES string of the molecule is CCOc1ccc(CC(CNC(=O)c2nccnc2N)C(=O)O)cc1. The van der Waals surface area contributed by atoms with Gasteiger partial charge in [-0.3, -0.25) is 9.59 Å². The summed E-state index contributed by atoms with van der Waals surface area (Å²) in [6.45, 7) is 2.41. The van der Waals surface area contributed by atoms with Crippen molar-refractivity contribution in [3.05, 3.63) is 47.9 Å². The summed E-state index contributed by atoms with van der Waals surface area (Å²) < 4.78 is 5.35. The number of hydrogen-bond acceptors (Lipinski definition) is 6. The molecule has 1 atom stereocenters. The number of carbonyl (C=O) groups excluding carboxylic acids is 1. The minimum Gasteiger partial charge on any atom is -0.494 e. The van der Waals surface area contributed by atoms with E-state index in [-0.39, 0.29) is 24.5 Å². The van der Waals surface area contributed by atoms with Crippen LogP contribution in [-0.4, -0.2) is 40.1 Å². The number of rotatable bonds is 8. The molecule has 8 heteroatoms. The van der Waals surface area contributed by atoms with Gasteiger partial charge in [0.25, 0.3) is 5.91 Å². The Balaban J connectivity index is 1.98. The van der Waals surface area contributed by atoms with Crippen LogP contribution in [0.25, 0.3) is 0 Å². The Hall–Kier alpha value is -3.16. The minimum atomic E-state index is -0.999. The molecule has 1 heterocycles. The Morgan fingerprint density at radius 3 is 2.52 bits per heavy atom. The van der Waals surface area contributed by atoms with Gasteiger partial charge in [-0.2, -0.15) is 0 Å². The quantitative estimate of drug-likeness (QED) is 0.655. The molecule has 1 aromatic carbocycles. The first-order valence-corrected chi connectivity index (χ1v) is 7.80. The molecule has 2 aromatic rings. The highest BCUT2D eigenvalue weighted by molar-refractivity contribution is 5.96. The standard InChI is InChI=1S/C17H20N4O4/c1-2-25-13-5-3-11(4-6-13)9-12(17(23)24)10-21-16(22)14-15(18)20-8-7-19-14/h3-8,12H,2,9-10H2,1H3,(H2,18,20)(H,21,22)(H,23,24). The van der Waals surface area contributed by atoms with Crippen LogP contribution < -0.4 is 15.8 Å². The molecule has 0 aliphatic heterocycles. The summed E-state index contributed by atoms with van der Waals surface area (Å²) in [6, 6.07) is 7.19. The van der Waals surface area contributed by atoms with Gasteiger partial charge in [-0.05, 0) is 31.0 Å². The topological polar surface area (TPSA) is 127 Å². The van der Waals surface area contributed by atoms with E-state index in [1.165, 1.54) is 12.4 Å². The second-order valence-electron chi connectivity index (χ2n) is 5.32. The lowest BCUT2D eigenvalue weighted by Gasteiger charge is -2.14. The predicted molar refractivity (Wildman–Crippen MR) is 91.2 cm³/mol. The van der Waals surface area contributed by atoms with Crippen LogP contribution in [-0.2, 0) is 11.2 Å². The van der Waals surface area contributed by atoms with Gasteiger partial charge in [-0.15, -0.1) is 0 Å². The van der Waals surface area contributed by atoms with Crippen molar-refractivity contribution in [2.24, 2.45) is 5.92 Å². The molecule has 0 radical (unpaired) electrons. The highest BCUT2D eigenvalue weighted by atomic mass is 16.5. The van der Waals surface area contributed by atoms with E-state index in [2.05, 4.69) is 15.3 Å². The maximum atomic E-state index is 12.1. The number of nitrogens with zero attached hydrogens (tertiary/aromatic N) is 2. The molecule has 132 valence electrons. The highest BCUT2D eigenvalue weighted by Crippen LogP contribution is 2.15. The van der Waals surface area contributed by atoms with Crippen molar-refractivity contribution in [3.63, 3.8) is 0 Å². The summed E-state index contributed by atoms with van der Waals surface area (Å²) in [4.78, 5) is 31.2. The van der Waals surface area contributed by atoms with Gasteiger partial charge >= 0.3 is 5.97 Å². The molecule has 0 aliphatic carbocycles. The lowest BCUT2D eigenvalue weighted by atomic mass is 9.99. The summed E-state index contributed by atoms with van der Waals surface area (Å²) in [5, 5.41) is 11.9. The molecule has 1 aromatic heterocycles. The molecule has 0 aliphatic rings. The van der Waals surface area contributed by atoms with Gasteiger partial charge in [0.1, 0.15) is 5.75 Å². The summed E-state index contributed by atoms with van der Waals surface area (Å²) in [5.41, 5.74) is 6.40. The number of ether oxygens (including phenoxy) is 1. The van der Waals surface area contributed by atoms with Crippen molar-refractivity contribution in [2.75, 3.05) is 18.9 Å². The average Bonchev–Trinajstić information content (AvgIpc) is 2.60. The molecule has 2 rings (SSSR count). The highest BCUT2D eigenvalue weighted by Gasteiger charge is 2.20. The van der Waals surface area contributed by atoms with E-state index in [1.807, 2.05) is 19.1 Å². The first-order valence-electron chi connectivity index (χ1n) is 7.80. The number of hydrogen-bond donors (Lipinski definition) is 3. The minimum absolute atomic E-state index is 0.00149. The molecule has 8 nitrogen and oxygen atoms in total. The van der Waals surface area contributed by atoms with Crippen LogP contribution in [0.1, 0.15) is 23.0 Å². The fraction of sp³-hybridized carbons (Fsp3) is 0.294. The molecule has 1 amide bonds. The van der Waals surface area contributed by atoms with Crippen LogP contribution in [0.4, 0.5) is 5.82 Å². The van der Waals surface area contributed by atoms with E-state index in [0.717, 1.165) is 11.3 Å². The third-order valence-electron chi connectivity index (χ3n) is 3.52. The van der Waals surface area contributed by atoms with Crippen LogP contribution in [0.3, 0.4) is 0 Å². The Morgan fingerprint density at radius 2 is 1.92 bits per heavy atom. The molecule has 25 heavy (non-hydrogen) atoms. The van der Waals surface area contributed by atoms with Gasteiger partial charge in [-0.25, -0.2) is 9.97 Å². The van der Waals surface area contributed by atoms with E-state index in [4.69, 9.17) is 10.5 Å². The fourth-order valence-electron chi connectivity index (χ4n) is 2.24. The molecule has 4 N–H and O–H groups in total. The number of nitrogens with one attached hydrogen (secondary N) is 1. The van der Waals surface area contributed by atoms with Crippen LogP contribution in [0, 0.1) is 5.92 Å². The monoisotopic (exact) mass is 344 g/mol. The zero-order valence-electron chi connectivity index (χ0n) is 13.8. The second kappa shape index (κ2) is 8.62. The first kappa shape index (κ1) is 18.2. The number of amides is 1. The van der Waals surface area contributed by atoms with E-state index in [0.29, 0.717) is 6.61 Å². The van der Waals surface area contributed by atoms with E-state index in [9.17, 15) is 14.7 Å². The number of carboxylic acids is 1. The fourth-order valence-corrected chi connectivity index (χ4v) is 2.24. The Kier molecular flexibility index (Phi) is 6.27. The van der Waals surface area contributed by atoms with Gasteiger partial charge in [-0.1, -0.05) is 12.1 Å².